The molecule has 5 rings (SSSR count). The SMILES string of the molecule is O=C(Nc1ccc(N2CCC[C@@H]2C(F)(F)F)c(F)c1)c1coc2cc(-c3nnn[nH]3)c(F)cc12. The van der Waals surface area contributed by atoms with Gasteiger partial charge >= 0.3 is 6.18 Å². The van der Waals surface area contributed by atoms with Crippen LogP contribution < -0.4 is 10.2 Å². The minimum absolute atomic E-state index is 0.0164. The lowest BCUT2D eigenvalue weighted by molar-refractivity contribution is -0.146. The molecule has 3 heterocycles. The van der Waals surface area contributed by atoms with E-state index in [1.807, 2.05) is 0 Å². The average molecular weight is 478 g/mol. The van der Waals surface area contributed by atoms with Crippen molar-refractivity contribution >= 4 is 28.3 Å². The highest BCUT2D eigenvalue weighted by Crippen LogP contribution is 2.37. The van der Waals surface area contributed by atoms with Crippen LogP contribution >= 0.6 is 0 Å². The maximum absolute atomic E-state index is 14.7. The number of fused-ring (bicyclic) bond motifs is 1. The zero-order chi connectivity index (χ0) is 24.0. The van der Waals surface area contributed by atoms with Crippen LogP contribution in [0.25, 0.3) is 22.4 Å². The van der Waals surface area contributed by atoms with Crippen molar-refractivity contribution in [3.05, 3.63) is 53.8 Å². The van der Waals surface area contributed by atoms with Crippen molar-refractivity contribution in [1.29, 1.82) is 0 Å². The molecular formula is C21H15F5N6O2. The van der Waals surface area contributed by atoms with E-state index >= 15 is 0 Å². The zero-order valence-electron chi connectivity index (χ0n) is 17.2. The second-order valence-corrected chi connectivity index (χ2v) is 7.74. The molecule has 2 N–H and O–H groups in total. The van der Waals surface area contributed by atoms with Crippen molar-refractivity contribution in [3.63, 3.8) is 0 Å². The molecule has 34 heavy (non-hydrogen) atoms. The lowest BCUT2D eigenvalue weighted by Crippen LogP contribution is -2.41. The van der Waals surface area contributed by atoms with E-state index in [1.165, 1.54) is 18.2 Å². The quantitative estimate of drug-likeness (QED) is 0.414. The van der Waals surface area contributed by atoms with Gasteiger partial charge in [0, 0.05) is 17.6 Å². The van der Waals surface area contributed by atoms with E-state index in [4.69, 9.17) is 4.42 Å². The smallest absolute Gasteiger partial charge is 0.408 e. The number of carbonyl (C=O) groups is 1. The molecule has 8 nitrogen and oxygen atoms in total. The van der Waals surface area contributed by atoms with Crippen LogP contribution in [-0.4, -0.2) is 45.3 Å². The van der Waals surface area contributed by atoms with Crippen molar-refractivity contribution in [3.8, 4) is 11.4 Å². The Morgan fingerprint density at radius 2 is 2.00 bits per heavy atom. The number of nitrogens with one attached hydrogen (secondary N) is 2. The zero-order valence-corrected chi connectivity index (χ0v) is 17.2. The Balaban J connectivity index is 1.38. The van der Waals surface area contributed by atoms with Gasteiger partial charge in [0.05, 0.1) is 16.8 Å². The number of nitrogens with zero attached hydrogens (tertiary/aromatic N) is 4. The number of aromatic amines is 1. The second kappa shape index (κ2) is 8.08. The summed E-state index contributed by atoms with van der Waals surface area (Å²) in [7, 11) is 0. The summed E-state index contributed by atoms with van der Waals surface area (Å²) in [5.74, 6) is -2.25. The lowest BCUT2D eigenvalue weighted by Gasteiger charge is -2.28. The van der Waals surface area contributed by atoms with Crippen LogP contribution in [0.4, 0.5) is 33.3 Å². The Bertz CT molecular complexity index is 1370. The molecular weight excluding hydrogens is 463 g/mol. The normalized spacial score (nSPS) is 16.4. The van der Waals surface area contributed by atoms with Crippen molar-refractivity contribution < 1.29 is 31.2 Å². The standard InChI is InChI=1S/C21H15F5N6O2/c22-14-7-11-13(9-34-17(11)8-12(14)19-28-30-31-29-19)20(33)27-10-3-4-16(15(23)6-10)32-5-1-2-18(32)21(24,25)26/h3-4,6-9,18H,1-2,5H2,(H,27,33)(H,28,29,30,31)/t18-/m1/s1. The summed E-state index contributed by atoms with van der Waals surface area (Å²) in [6.07, 6.45) is -3.18. The number of hydrogen-bond acceptors (Lipinski definition) is 6. The minimum Gasteiger partial charge on any atom is -0.463 e. The van der Waals surface area contributed by atoms with Crippen molar-refractivity contribution in [2.75, 3.05) is 16.8 Å². The molecule has 0 bridgehead atoms. The number of furan rings is 1. The number of rotatable bonds is 4. The highest BCUT2D eigenvalue weighted by atomic mass is 19.4. The van der Waals surface area contributed by atoms with Gasteiger partial charge in [0.15, 0.2) is 5.82 Å². The molecule has 1 aliphatic heterocycles. The Labute approximate surface area is 187 Å². The molecule has 1 saturated heterocycles. The van der Waals surface area contributed by atoms with Crippen LogP contribution in [0.3, 0.4) is 0 Å². The number of halogens is 5. The number of anilines is 2. The van der Waals surface area contributed by atoms with Crippen molar-refractivity contribution in [2.24, 2.45) is 0 Å². The topological polar surface area (TPSA) is 99.9 Å². The molecule has 1 aliphatic rings. The van der Waals surface area contributed by atoms with Gasteiger partial charge in [0.25, 0.3) is 5.91 Å². The summed E-state index contributed by atoms with van der Waals surface area (Å²) in [6.45, 7) is 0.0749. The first kappa shape index (κ1) is 21.8. The van der Waals surface area contributed by atoms with E-state index in [1.54, 1.807) is 0 Å². The van der Waals surface area contributed by atoms with Crippen LogP contribution in [0.1, 0.15) is 23.2 Å². The summed E-state index contributed by atoms with van der Waals surface area (Å²) in [5, 5.41) is 15.4. The van der Waals surface area contributed by atoms with Gasteiger partial charge < -0.3 is 14.6 Å². The lowest BCUT2D eigenvalue weighted by atomic mass is 10.1. The summed E-state index contributed by atoms with van der Waals surface area (Å²) < 4.78 is 74.3. The molecule has 1 amide bonds. The summed E-state index contributed by atoms with van der Waals surface area (Å²) in [5.41, 5.74) is 0.0378. The van der Waals surface area contributed by atoms with Gasteiger partial charge in [-0.15, -0.1) is 5.10 Å². The number of hydrogen-bond donors (Lipinski definition) is 2. The molecule has 0 radical (unpaired) electrons. The molecule has 1 atom stereocenters. The van der Waals surface area contributed by atoms with Crippen LogP contribution in [-0.2, 0) is 0 Å². The monoisotopic (exact) mass is 478 g/mol. The predicted octanol–water partition coefficient (Wildman–Crippen LogP) is 4.67. The van der Waals surface area contributed by atoms with E-state index in [2.05, 4.69) is 25.9 Å². The van der Waals surface area contributed by atoms with E-state index in [9.17, 15) is 26.7 Å². The van der Waals surface area contributed by atoms with E-state index in [0.29, 0.717) is 6.42 Å². The third-order valence-corrected chi connectivity index (χ3v) is 5.65. The number of H-pyrrole nitrogens is 1. The molecule has 4 aromatic rings. The molecule has 0 spiro atoms. The number of amides is 1. The van der Waals surface area contributed by atoms with Crippen LogP contribution in [0.5, 0.6) is 0 Å². The van der Waals surface area contributed by atoms with Gasteiger partial charge in [0.1, 0.15) is 29.5 Å². The fourth-order valence-electron chi connectivity index (χ4n) is 4.09. The fourth-order valence-corrected chi connectivity index (χ4v) is 4.09. The van der Waals surface area contributed by atoms with E-state index in [-0.39, 0.29) is 52.3 Å². The van der Waals surface area contributed by atoms with Gasteiger partial charge in [0.2, 0.25) is 0 Å². The first-order valence-corrected chi connectivity index (χ1v) is 10.1. The number of aromatic nitrogens is 4. The molecule has 1 fully saturated rings. The summed E-state index contributed by atoms with van der Waals surface area (Å²) in [4.78, 5) is 13.7. The highest BCUT2D eigenvalue weighted by molar-refractivity contribution is 6.12. The van der Waals surface area contributed by atoms with Crippen molar-refractivity contribution in [1.82, 2.24) is 20.6 Å². The van der Waals surface area contributed by atoms with Gasteiger partial charge in [-0.05, 0) is 53.6 Å². The molecule has 0 aliphatic carbocycles. The second-order valence-electron chi connectivity index (χ2n) is 7.74. The van der Waals surface area contributed by atoms with Gasteiger partial charge in [-0.25, -0.2) is 13.9 Å². The minimum atomic E-state index is -4.47. The number of tetrazole rings is 1. The van der Waals surface area contributed by atoms with Gasteiger partial charge in [-0.3, -0.25) is 4.79 Å². The first-order valence-electron chi connectivity index (χ1n) is 10.1. The number of alkyl halides is 3. The number of benzene rings is 2. The maximum Gasteiger partial charge on any atom is 0.408 e. The molecule has 2 aromatic heterocycles. The molecule has 0 unspecified atom stereocenters. The number of carbonyl (C=O) groups excluding carboxylic acids is 1. The third-order valence-electron chi connectivity index (χ3n) is 5.65. The predicted molar refractivity (Wildman–Crippen MR) is 110 cm³/mol. The Hall–Kier alpha value is -4.03. The molecule has 13 heteroatoms. The van der Waals surface area contributed by atoms with E-state index < -0.39 is 29.8 Å². The third kappa shape index (κ3) is 3.82. The maximum atomic E-state index is 14.7. The first-order chi connectivity index (χ1) is 16.2. The summed E-state index contributed by atoms with van der Waals surface area (Å²) in [6, 6.07) is 4.09. The summed E-state index contributed by atoms with van der Waals surface area (Å²) >= 11 is 0. The Morgan fingerprint density at radius 1 is 1.18 bits per heavy atom. The average Bonchev–Trinajstić information content (AvgIpc) is 3.53. The largest absolute Gasteiger partial charge is 0.463 e. The molecule has 176 valence electrons. The fraction of sp³-hybridized carbons (Fsp3) is 0.238. The van der Waals surface area contributed by atoms with Crippen LogP contribution in [0.2, 0.25) is 0 Å². The van der Waals surface area contributed by atoms with Crippen LogP contribution in [0, 0.1) is 11.6 Å². The molecule has 2 aromatic carbocycles. The Kier molecular flexibility index (Phi) is 5.18. The van der Waals surface area contributed by atoms with Crippen molar-refractivity contribution in [2.45, 2.75) is 25.1 Å². The van der Waals surface area contributed by atoms with E-state index in [0.717, 1.165) is 23.3 Å². The highest BCUT2D eigenvalue weighted by Gasteiger charge is 2.46. The van der Waals surface area contributed by atoms with Gasteiger partial charge in [-0.1, -0.05) is 0 Å². The van der Waals surface area contributed by atoms with Crippen LogP contribution in [0.15, 0.2) is 41.0 Å². The molecule has 0 saturated carbocycles. The van der Waals surface area contributed by atoms with Gasteiger partial charge in [-0.2, -0.15) is 13.2 Å². The Morgan fingerprint density at radius 3 is 2.71 bits per heavy atom.